The minimum absolute atomic E-state index is 0.0436. The molecule has 100 valence electrons. The fourth-order valence-corrected chi connectivity index (χ4v) is 3.03. The zero-order valence-corrected chi connectivity index (χ0v) is 11.4. The molecule has 20 heavy (non-hydrogen) atoms. The van der Waals surface area contributed by atoms with Crippen molar-refractivity contribution in [3.63, 3.8) is 0 Å². The second-order valence-electron chi connectivity index (χ2n) is 4.89. The third-order valence-electron chi connectivity index (χ3n) is 3.74. The smallest absolute Gasteiger partial charge is 0.193 e. The number of ether oxygens (including phenoxy) is 1. The number of nitrogens with one attached hydrogen (secondary N) is 1. The number of rotatable bonds is 1. The molecule has 0 spiro atoms. The Kier molecular flexibility index (Phi) is 2.60. The maximum atomic E-state index is 5.86. The van der Waals surface area contributed by atoms with Crippen LogP contribution in [0.1, 0.15) is 17.2 Å². The maximum Gasteiger partial charge on any atom is 0.193 e. The minimum Gasteiger partial charge on any atom is -0.492 e. The van der Waals surface area contributed by atoms with E-state index in [1.54, 1.807) is 12.5 Å². The Hall–Kier alpha value is -2.14. The van der Waals surface area contributed by atoms with Gasteiger partial charge in [-0.25, -0.2) is 4.99 Å². The van der Waals surface area contributed by atoms with E-state index >= 15 is 0 Å². The zero-order valence-electron chi connectivity index (χ0n) is 10.6. The third kappa shape index (κ3) is 1.74. The molecule has 0 saturated heterocycles. The van der Waals surface area contributed by atoms with Crippen molar-refractivity contribution in [2.24, 2.45) is 10.9 Å². The predicted octanol–water partition coefficient (Wildman–Crippen LogP) is 2.71. The molecule has 0 bridgehead atoms. The van der Waals surface area contributed by atoms with E-state index in [-0.39, 0.29) is 12.0 Å². The van der Waals surface area contributed by atoms with Gasteiger partial charge in [0, 0.05) is 11.1 Å². The molecule has 2 atom stereocenters. The molecule has 0 saturated carbocycles. The quantitative estimate of drug-likeness (QED) is 0.818. The molecule has 2 unspecified atom stereocenters. The van der Waals surface area contributed by atoms with Gasteiger partial charge < -0.3 is 14.5 Å². The van der Waals surface area contributed by atoms with Gasteiger partial charge in [-0.3, -0.25) is 0 Å². The van der Waals surface area contributed by atoms with Crippen LogP contribution in [-0.2, 0) is 0 Å². The Morgan fingerprint density at radius 1 is 1.25 bits per heavy atom. The largest absolute Gasteiger partial charge is 0.492 e. The van der Waals surface area contributed by atoms with Gasteiger partial charge in [-0.1, -0.05) is 12.1 Å². The number of hydrogen-bond acceptors (Lipinski definition) is 3. The van der Waals surface area contributed by atoms with Crippen molar-refractivity contribution in [1.82, 2.24) is 5.32 Å². The molecule has 5 heteroatoms. The monoisotopic (exact) mass is 284 g/mol. The summed E-state index contributed by atoms with van der Waals surface area (Å²) in [5.41, 5.74) is 3.09. The number of hydrogen-bond donors (Lipinski definition) is 1. The van der Waals surface area contributed by atoms with Gasteiger partial charge >= 0.3 is 0 Å². The first-order valence-corrected chi connectivity index (χ1v) is 6.87. The van der Waals surface area contributed by atoms with Crippen LogP contribution >= 0.6 is 12.2 Å². The van der Waals surface area contributed by atoms with Gasteiger partial charge in [-0.2, -0.15) is 0 Å². The van der Waals surface area contributed by atoms with Crippen molar-refractivity contribution in [2.45, 2.75) is 6.04 Å². The van der Waals surface area contributed by atoms with Crippen LogP contribution in [0, 0.1) is 5.92 Å². The number of benzene rings is 1. The lowest BCUT2D eigenvalue weighted by molar-refractivity contribution is 0.247. The molecule has 2 aliphatic heterocycles. The van der Waals surface area contributed by atoms with Crippen LogP contribution in [0.2, 0.25) is 0 Å². The average molecular weight is 284 g/mol. The van der Waals surface area contributed by atoms with Crippen molar-refractivity contribution < 1.29 is 9.15 Å². The fraction of sp³-hybridized carbons (Fsp3) is 0.200. The summed E-state index contributed by atoms with van der Waals surface area (Å²) < 4.78 is 11.0. The molecule has 1 aromatic carbocycles. The molecule has 0 fully saturated rings. The topological polar surface area (TPSA) is 46.8 Å². The van der Waals surface area contributed by atoms with Crippen molar-refractivity contribution in [1.29, 1.82) is 0 Å². The van der Waals surface area contributed by atoms with E-state index in [1.807, 2.05) is 30.3 Å². The van der Waals surface area contributed by atoms with Gasteiger partial charge in [0.2, 0.25) is 0 Å². The molecule has 4 nitrogen and oxygen atoms in total. The van der Waals surface area contributed by atoms with E-state index in [4.69, 9.17) is 21.4 Å². The summed E-state index contributed by atoms with van der Waals surface area (Å²) in [6, 6.07) is 9.94. The van der Waals surface area contributed by atoms with Crippen molar-refractivity contribution in [2.75, 3.05) is 6.61 Å². The lowest BCUT2D eigenvalue weighted by atomic mass is 9.84. The fourth-order valence-electron chi connectivity index (χ4n) is 2.80. The molecule has 3 heterocycles. The van der Waals surface area contributed by atoms with E-state index < -0.39 is 0 Å². The summed E-state index contributed by atoms with van der Waals surface area (Å²) in [6.07, 6.45) is 3.41. The first-order chi connectivity index (χ1) is 9.83. The van der Waals surface area contributed by atoms with Crippen molar-refractivity contribution >= 4 is 23.0 Å². The van der Waals surface area contributed by atoms with Gasteiger partial charge in [-0.05, 0) is 30.4 Å². The van der Waals surface area contributed by atoms with Crippen LogP contribution in [0.5, 0.6) is 5.75 Å². The highest BCUT2D eigenvalue weighted by atomic mass is 32.1. The summed E-state index contributed by atoms with van der Waals surface area (Å²) in [4.78, 5) is 4.53. The highest BCUT2D eigenvalue weighted by Gasteiger charge is 2.37. The van der Waals surface area contributed by atoms with Crippen LogP contribution in [0.3, 0.4) is 0 Å². The number of fused-ring (bicyclic) bond motifs is 3. The van der Waals surface area contributed by atoms with Gasteiger partial charge in [0.25, 0.3) is 0 Å². The molecule has 2 aromatic rings. The third-order valence-corrected chi connectivity index (χ3v) is 3.95. The lowest BCUT2D eigenvalue weighted by Gasteiger charge is -2.36. The highest BCUT2D eigenvalue weighted by molar-refractivity contribution is 7.80. The Balaban J connectivity index is 1.82. The SMILES string of the molecule is S=C1N=C2c3ccccc3OCC2C(c2ccoc2)N1. The molecule has 1 aromatic heterocycles. The van der Waals surface area contributed by atoms with Crippen LogP contribution in [-0.4, -0.2) is 17.4 Å². The molecular weight excluding hydrogens is 272 g/mol. The maximum absolute atomic E-state index is 5.86. The number of aliphatic imine (C=N–C) groups is 1. The van der Waals surface area contributed by atoms with Gasteiger partial charge in [0.1, 0.15) is 5.75 Å². The first-order valence-electron chi connectivity index (χ1n) is 6.46. The summed E-state index contributed by atoms with van der Waals surface area (Å²) in [7, 11) is 0. The van der Waals surface area contributed by atoms with E-state index in [1.165, 1.54) is 0 Å². The van der Waals surface area contributed by atoms with Crippen molar-refractivity contribution in [3.05, 3.63) is 54.0 Å². The van der Waals surface area contributed by atoms with Crippen LogP contribution < -0.4 is 10.1 Å². The van der Waals surface area contributed by atoms with Crippen LogP contribution in [0.15, 0.2) is 52.3 Å². The second kappa shape index (κ2) is 4.45. The molecule has 0 radical (unpaired) electrons. The molecule has 1 N–H and O–H groups in total. The van der Waals surface area contributed by atoms with Crippen LogP contribution in [0.4, 0.5) is 0 Å². The minimum atomic E-state index is 0.0436. The standard InChI is InChI=1S/C15H12N2O2S/c20-15-16-13(9-5-6-18-7-9)11-8-19-12-4-2-1-3-10(12)14(11)17-15/h1-7,11,13H,8H2,(H,16,20). The Labute approximate surface area is 121 Å². The lowest BCUT2D eigenvalue weighted by Crippen LogP contribution is -2.45. The zero-order chi connectivity index (χ0) is 13.5. The molecule has 0 aliphatic carbocycles. The highest BCUT2D eigenvalue weighted by Crippen LogP contribution is 2.36. The normalized spacial score (nSPS) is 24.0. The summed E-state index contributed by atoms with van der Waals surface area (Å²) >= 11 is 5.28. The van der Waals surface area contributed by atoms with E-state index in [9.17, 15) is 0 Å². The summed E-state index contributed by atoms with van der Waals surface area (Å²) in [6.45, 7) is 0.585. The number of furan rings is 1. The number of para-hydroxylation sites is 1. The van der Waals surface area contributed by atoms with Gasteiger partial charge in [0.05, 0.1) is 36.8 Å². The molecule has 2 aliphatic rings. The Bertz CT molecular complexity index is 694. The number of nitrogens with zero attached hydrogens (tertiary/aromatic N) is 1. The Morgan fingerprint density at radius 3 is 3.00 bits per heavy atom. The van der Waals surface area contributed by atoms with E-state index in [0.29, 0.717) is 11.7 Å². The van der Waals surface area contributed by atoms with Crippen molar-refractivity contribution in [3.8, 4) is 5.75 Å². The van der Waals surface area contributed by atoms with Gasteiger partial charge in [-0.15, -0.1) is 0 Å². The second-order valence-corrected chi connectivity index (χ2v) is 5.28. The summed E-state index contributed by atoms with van der Waals surface area (Å²) in [5.74, 6) is 1.01. The van der Waals surface area contributed by atoms with E-state index in [2.05, 4.69) is 10.3 Å². The number of thiocarbonyl (C=S) groups is 1. The van der Waals surface area contributed by atoms with E-state index in [0.717, 1.165) is 22.6 Å². The predicted molar refractivity (Wildman–Crippen MR) is 79.1 cm³/mol. The van der Waals surface area contributed by atoms with Crippen LogP contribution in [0.25, 0.3) is 0 Å². The average Bonchev–Trinajstić information content (AvgIpc) is 3.00. The Morgan fingerprint density at radius 2 is 2.15 bits per heavy atom. The molecular formula is C15H12N2O2S. The molecule has 4 rings (SSSR count). The molecule has 0 amide bonds. The first kappa shape index (κ1) is 11.7. The summed E-state index contributed by atoms with van der Waals surface area (Å²) in [5, 5.41) is 3.77. The van der Waals surface area contributed by atoms with Gasteiger partial charge in [0.15, 0.2) is 5.11 Å².